The fourth-order valence-corrected chi connectivity index (χ4v) is 1.86. The summed E-state index contributed by atoms with van der Waals surface area (Å²) < 4.78 is 21.0. The standard InChI is InChI=1S/C17H18O5/c1-19-16-12-13(17(18)20-2)8-9-15(16)22-11-10-21-14-6-4-3-5-7-14/h3-9,12H,10-11H2,1-2H3. The normalized spacial score (nSPS) is 9.91. The van der Waals surface area contributed by atoms with Gasteiger partial charge in [0.15, 0.2) is 11.5 Å². The van der Waals surface area contributed by atoms with E-state index < -0.39 is 5.97 Å². The first-order valence-electron chi connectivity index (χ1n) is 6.81. The molecule has 0 spiro atoms. The summed E-state index contributed by atoms with van der Waals surface area (Å²) in [4.78, 5) is 11.5. The Morgan fingerprint density at radius 2 is 1.64 bits per heavy atom. The molecule has 116 valence electrons. The second kappa shape index (κ2) is 7.93. The number of rotatable bonds is 7. The molecule has 0 N–H and O–H groups in total. The van der Waals surface area contributed by atoms with E-state index in [0.29, 0.717) is 30.3 Å². The van der Waals surface area contributed by atoms with Crippen molar-refractivity contribution < 1.29 is 23.7 Å². The third-order valence-electron chi connectivity index (χ3n) is 2.94. The lowest BCUT2D eigenvalue weighted by molar-refractivity contribution is 0.0600. The van der Waals surface area contributed by atoms with Gasteiger partial charge < -0.3 is 18.9 Å². The predicted molar refractivity (Wildman–Crippen MR) is 81.8 cm³/mol. The van der Waals surface area contributed by atoms with Crippen molar-refractivity contribution in [3.8, 4) is 17.2 Å². The van der Waals surface area contributed by atoms with Gasteiger partial charge in [-0.15, -0.1) is 0 Å². The van der Waals surface area contributed by atoms with Crippen LogP contribution < -0.4 is 14.2 Å². The van der Waals surface area contributed by atoms with Gasteiger partial charge in [-0.3, -0.25) is 0 Å². The second-order valence-electron chi connectivity index (χ2n) is 4.37. The maximum absolute atomic E-state index is 11.5. The van der Waals surface area contributed by atoms with E-state index in [2.05, 4.69) is 4.74 Å². The van der Waals surface area contributed by atoms with Crippen LogP contribution in [0.1, 0.15) is 10.4 Å². The van der Waals surface area contributed by atoms with Crippen molar-refractivity contribution in [3.05, 3.63) is 54.1 Å². The van der Waals surface area contributed by atoms with Crippen molar-refractivity contribution in [2.24, 2.45) is 0 Å². The first-order chi connectivity index (χ1) is 10.7. The fraction of sp³-hybridized carbons (Fsp3) is 0.235. The van der Waals surface area contributed by atoms with E-state index in [1.54, 1.807) is 18.2 Å². The number of hydrogen-bond donors (Lipinski definition) is 0. The van der Waals surface area contributed by atoms with Crippen molar-refractivity contribution in [1.82, 2.24) is 0 Å². The van der Waals surface area contributed by atoms with Gasteiger partial charge in [0, 0.05) is 0 Å². The Labute approximate surface area is 129 Å². The summed E-state index contributed by atoms with van der Waals surface area (Å²) >= 11 is 0. The zero-order chi connectivity index (χ0) is 15.8. The molecule has 0 radical (unpaired) electrons. The molecule has 0 saturated heterocycles. The topological polar surface area (TPSA) is 54.0 Å². The van der Waals surface area contributed by atoms with Gasteiger partial charge in [0.1, 0.15) is 19.0 Å². The maximum atomic E-state index is 11.5. The number of carbonyl (C=O) groups is 1. The molecular weight excluding hydrogens is 284 g/mol. The number of ether oxygens (including phenoxy) is 4. The molecule has 0 aromatic heterocycles. The van der Waals surface area contributed by atoms with Crippen LogP contribution in [0.3, 0.4) is 0 Å². The highest BCUT2D eigenvalue weighted by molar-refractivity contribution is 5.90. The maximum Gasteiger partial charge on any atom is 0.337 e. The molecule has 5 heteroatoms. The summed E-state index contributed by atoms with van der Waals surface area (Å²) in [5.74, 6) is 1.39. The minimum absolute atomic E-state index is 0.364. The average Bonchev–Trinajstić information content (AvgIpc) is 2.59. The highest BCUT2D eigenvalue weighted by Crippen LogP contribution is 2.28. The number of hydrogen-bond acceptors (Lipinski definition) is 5. The molecule has 0 aliphatic carbocycles. The van der Waals surface area contributed by atoms with Crippen molar-refractivity contribution in [2.45, 2.75) is 0 Å². The zero-order valence-corrected chi connectivity index (χ0v) is 12.6. The van der Waals surface area contributed by atoms with Crippen LogP contribution >= 0.6 is 0 Å². The van der Waals surface area contributed by atoms with Gasteiger partial charge in [-0.1, -0.05) is 18.2 Å². The van der Waals surface area contributed by atoms with Crippen LogP contribution in [0, 0.1) is 0 Å². The minimum Gasteiger partial charge on any atom is -0.493 e. The lowest BCUT2D eigenvalue weighted by Gasteiger charge is -2.12. The van der Waals surface area contributed by atoms with Gasteiger partial charge in [0.25, 0.3) is 0 Å². The Morgan fingerprint density at radius 1 is 0.909 bits per heavy atom. The van der Waals surface area contributed by atoms with Gasteiger partial charge in [-0.25, -0.2) is 4.79 Å². The second-order valence-corrected chi connectivity index (χ2v) is 4.37. The first kappa shape index (κ1) is 15.7. The van der Waals surface area contributed by atoms with E-state index in [0.717, 1.165) is 5.75 Å². The molecule has 0 aliphatic heterocycles. The number of benzene rings is 2. The van der Waals surface area contributed by atoms with Gasteiger partial charge in [0.2, 0.25) is 0 Å². The largest absolute Gasteiger partial charge is 0.493 e. The number of methoxy groups -OCH3 is 2. The van der Waals surface area contributed by atoms with Gasteiger partial charge in [-0.2, -0.15) is 0 Å². The lowest BCUT2D eigenvalue weighted by Crippen LogP contribution is -2.10. The Bertz CT molecular complexity index is 610. The summed E-state index contributed by atoms with van der Waals surface area (Å²) in [6.45, 7) is 0.773. The first-order valence-corrected chi connectivity index (χ1v) is 6.81. The highest BCUT2D eigenvalue weighted by atomic mass is 16.5. The van der Waals surface area contributed by atoms with E-state index in [1.165, 1.54) is 14.2 Å². The summed E-state index contributed by atoms with van der Waals surface area (Å²) in [7, 11) is 2.85. The predicted octanol–water partition coefficient (Wildman–Crippen LogP) is 2.94. The molecule has 0 saturated carbocycles. The number of esters is 1. The van der Waals surface area contributed by atoms with E-state index in [4.69, 9.17) is 14.2 Å². The van der Waals surface area contributed by atoms with E-state index >= 15 is 0 Å². The molecule has 5 nitrogen and oxygen atoms in total. The third kappa shape index (κ3) is 4.15. The van der Waals surface area contributed by atoms with Crippen molar-refractivity contribution in [3.63, 3.8) is 0 Å². The van der Waals surface area contributed by atoms with Gasteiger partial charge in [-0.05, 0) is 30.3 Å². The molecule has 0 fully saturated rings. The van der Waals surface area contributed by atoms with Gasteiger partial charge in [0.05, 0.1) is 19.8 Å². The molecular formula is C17H18O5. The SMILES string of the molecule is COC(=O)c1ccc(OCCOc2ccccc2)c(OC)c1. The Kier molecular flexibility index (Phi) is 5.65. The Hall–Kier alpha value is -2.69. The molecule has 2 rings (SSSR count). The van der Waals surface area contributed by atoms with Crippen molar-refractivity contribution in [1.29, 1.82) is 0 Å². The van der Waals surface area contributed by atoms with E-state index in [9.17, 15) is 4.79 Å². The smallest absolute Gasteiger partial charge is 0.337 e. The van der Waals surface area contributed by atoms with E-state index in [1.807, 2.05) is 30.3 Å². The number of para-hydroxylation sites is 1. The molecule has 0 bridgehead atoms. The Balaban J connectivity index is 1.90. The zero-order valence-electron chi connectivity index (χ0n) is 12.6. The molecule has 0 aliphatic rings. The molecule has 22 heavy (non-hydrogen) atoms. The van der Waals surface area contributed by atoms with Crippen LogP contribution in [0.4, 0.5) is 0 Å². The van der Waals surface area contributed by atoms with Gasteiger partial charge >= 0.3 is 5.97 Å². The molecule has 0 atom stereocenters. The highest BCUT2D eigenvalue weighted by Gasteiger charge is 2.11. The molecule has 0 amide bonds. The minimum atomic E-state index is -0.419. The van der Waals surface area contributed by atoms with Crippen LogP contribution in [0.15, 0.2) is 48.5 Å². The lowest BCUT2D eigenvalue weighted by atomic mass is 10.2. The summed E-state index contributed by atoms with van der Waals surface area (Å²) in [5.41, 5.74) is 0.409. The van der Waals surface area contributed by atoms with Crippen molar-refractivity contribution in [2.75, 3.05) is 27.4 Å². The number of carbonyl (C=O) groups excluding carboxylic acids is 1. The Morgan fingerprint density at radius 3 is 2.32 bits per heavy atom. The quantitative estimate of drug-likeness (QED) is 0.581. The monoisotopic (exact) mass is 302 g/mol. The van der Waals surface area contributed by atoms with Crippen LogP contribution in [0.25, 0.3) is 0 Å². The molecule has 2 aromatic rings. The molecule has 0 unspecified atom stereocenters. The van der Waals surface area contributed by atoms with Crippen LogP contribution in [0.5, 0.6) is 17.2 Å². The average molecular weight is 302 g/mol. The summed E-state index contributed by atoms with van der Waals surface area (Å²) in [6.07, 6.45) is 0. The molecule has 0 heterocycles. The third-order valence-corrected chi connectivity index (χ3v) is 2.94. The summed E-state index contributed by atoms with van der Waals surface area (Å²) in [6, 6.07) is 14.4. The van der Waals surface area contributed by atoms with Crippen LogP contribution in [0.2, 0.25) is 0 Å². The summed E-state index contributed by atoms with van der Waals surface area (Å²) in [5, 5.41) is 0. The fourth-order valence-electron chi connectivity index (χ4n) is 1.86. The molecule has 2 aromatic carbocycles. The van der Waals surface area contributed by atoms with Crippen LogP contribution in [-0.4, -0.2) is 33.4 Å². The van der Waals surface area contributed by atoms with E-state index in [-0.39, 0.29) is 0 Å². The van der Waals surface area contributed by atoms with Crippen LogP contribution in [-0.2, 0) is 4.74 Å². The van der Waals surface area contributed by atoms with Crippen molar-refractivity contribution >= 4 is 5.97 Å².